The third-order valence-electron chi connectivity index (χ3n) is 5.14. The van der Waals surface area contributed by atoms with E-state index in [1.165, 1.54) is 6.08 Å². The van der Waals surface area contributed by atoms with Crippen molar-refractivity contribution >= 4 is 29.3 Å². The summed E-state index contributed by atoms with van der Waals surface area (Å²) < 4.78 is 11.0. The van der Waals surface area contributed by atoms with Gasteiger partial charge in [-0.1, -0.05) is 30.3 Å². The molecule has 156 valence electrons. The van der Waals surface area contributed by atoms with Crippen molar-refractivity contribution in [3.05, 3.63) is 60.2 Å². The highest BCUT2D eigenvalue weighted by atomic mass is 16.5. The maximum atomic E-state index is 12.5. The van der Waals surface area contributed by atoms with Crippen molar-refractivity contribution in [3.63, 3.8) is 0 Å². The Bertz CT molecular complexity index is 923. The van der Waals surface area contributed by atoms with Gasteiger partial charge in [0.2, 0.25) is 5.91 Å². The number of amides is 2. The van der Waals surface area contributed by atoms with Gasteiger partial charge in [-0.2, -0.15) is 0 Å². The number of carbonyl (C=O) groups is 2. The topological polar surface area (TPSA) is 71.1 Å². The van der Waals surface area contributed by atoms with Crippen molar-refractivity contribution < 1.29 is 19.1 Å². The van der Waals surface area contributed by atoms with Crippen LogP contribution in [-0.4, -0.2) is 62.7 Å². The Morgan fingerprint density at radius 3 is 2.67 bits per heavy atom. The molecule has 30 heavy (non-hydrogen) atoms. The lowest BCUT2D eigenvalue weighted by Gasteiger charge is -2.33. The molecule has 7 heteroatoms. The lowest BCUT2D eigenvalue weighted by atomic mass is 10.2. The van der Waals surface area contributed by atoms with Crippen LogP contribution in [0.3, 0.4) is 0 Å². The number of morpholine rings is 1. The van der Waals surface area contributed by atoms with E-state index >= 15 is 0 Å². The number of rotatable bonds is 6. The Labute approximate surface area is 175 Å². The second-order valence-electron chi connectivity index (χ2n) is 7.20. The summed E-state index contributed by atoms with van der Waals surface area (Å²) in [5.41, 5.74) is 2.25. The summed E-state index contributed by atoms with van der Waals surface area (Å²) in [5, 5.41) is 2.86. The van der Waals surface area contributed by atoms with E-state index in [0.717, 1.165) is 38.4 Å². The van der Waals surface area contributed by atoms with Gasteiger partial charge in [-0.15, -0.1) is 0 Å². The zero-order valence-corrected chi connectivity index (χ0v) is 16.8. The fraction of sp³-hybridized carbons (Fsp3) is 0.304. The van der Waals surface area contributed by atoms with E-state index in [2.05, 4.69) is 10.2 Å². The van der Waals surface area contributed by atoms with Crippen LogP contribution in [0.1, 0.15) is 5.56 Å². The molecule has 1 saturated heterocycles. The predicted octanol–water partition coefficient (Wildman–Crippen LogP) is 2.40. The minimum atomic E-state index is -0.235. The van der Waals surface area contributed by atoms with Gasteiger partial charge in [-0.05, 0) is 29.8 Å². The molecule has 0 atom stereocenters. The van der Waals surface area contributed by atoms with Crippen LogP contribution in [0.4, 0.5) is 11.4 Å². The number of hydrogen-bond acceptors (Lipinski definition) is 5. The molecule has 0 unspecified atom stereocenters. The van der Waals surface area contributed by atoms with E-state index in [-0.39, 0.29) is 18.4 Å². The number of anilines is 2. The van der Waals surface area contributed by atoms with Crippen molar-refractivity contribution in [2.75, 3.05) is 56.2 Å². The van der Waals surface area contributed by atoms with E-state index in [1.54, 1.807) is 29.2 Å². The molecule has 4 rings (SSSR count). The van der Waals surface area contributed by atoms with Crippen LogP contribution < -0.4 is 15.0 Å². The molecule has 2 aliphatic heterocycles. The van der Waals surface area contributed by atoms with Gasteiger partial charge in [-0.3, -0.25) is 14.5 Å². The first kappa shape index (κ1) is 20.1. The first-order chi connectivity index (χ1) is 14.7. The molecule has 0 saturated carbocycles. The summed E-state index contributed by atoms with van der Waals surface area (Å²) in [6.07, 6.45) is 3.25. The number of benzene rings is 2. The molecule has 0 aromatic heterocycles. The molecule has 0 bridgehead atoms. The highest BCUT2D eigenvalue weighted by molar-refractivity contribution is 6.03. The summed E-state index contributed by atoms with van der Waals surface area (Å²) >= 11 is 0. The lowest BCUT2D eigenvalue weighted by Crippen LogP contribution is -2.45. The van der Waals surface area contributed by atoms with Gasteiger partial charge in [0.15, 0.2) is 6.61 Å². The van der Waals surface area contributed by atoms with Gasteiger partial charge in [-0.25, -0.2) is 0 Å². The van der Waals surface area contributed by atoms with Gasteiger partial charge in [0.1, 0.15) is 5.75 Å². The fourth-order valence-electron chi connectivity index (χ4n) is 3.51. The third-order valence-corrected chi connectivity index (χ3v) is 5.14. The standard InChI is InChI=1S/C23H25N3O4/c27-22(9-6-18-4-2-1-3-5-18)24-19-7-8-21-20(16-19)26(23(28)17-30-21)11-10-25-12-14-29-15-13-25/h1-9,16H,10-15,17H2,(H,24,27)/b9-6+. The first-order valence-electron chi connectivity index (χ1n) is 10.1. The molecule has 2 aromatic carbocycles. The van der Waals surface area contributed by atoms with Crippen LogP contribution in [0, 0.1) is 0 Å². The third kappa shape index (κ3) is 5.06. The van der Waals surface area contributed by atoms with Crippen LogP contribution in [0.5, 0.6) is 5.75 Å². The Morgan fingerprint density at radius 1 is 1.07 bits per heavy atom. The Balaban J connectivity index is 1.43. The van der Waals surface area contributed by atoms with E-state index in [9.17, 15) is 9.59 Å². The predicted molar refractivity (Wildman–Crippen MR) is 116 cm³/mol. The fourth-order valence-corrected chi connectivity index (χ4v) is 3.51. The minimum absolute atomic E-state index is 0.0294. The Kier molecular flexibility index (Phi) is 6.41. The van der Waals surface area contributed by atoms with E-state index < -0.39 is 0 Å². The van der Waals surface area contributed by atoms with Crippen LogP contribution in [0.2, 0.25) is 0 Å². The van der Waals surface area contributed by atoms with Crippen LogP contribution in [-0.2, 0) is 14.3 Å². The molecular formula is C23H25N3O4. The highest BCUT2D eigenvalue weighted by Gasteiger charge is 2.26. The van der Waals surface area contributed by atoms with Crippen molar-refractivity contribution in [2.45, 2.75) is 0 Å². The number of nitrogens with one attached hydrogen (secondary N) is 1. The lowest BCUT2D eigenvalue weighted by molar-refractivity contribution is -0.121. The monoisotopic (exact) mass is 407 g/mol. The van der Waals surface area contributed by atoms with Crippen molar-refractivity contribution in [2.24, 2.45) is 0 Å². The van der Waals surface area contributed by atoms with E-state index in [4.69, 9.17) is 9.47 Å². The summed E-state index contributed by atoms with van der Waals surface area (Å²) in [4.78, 5) is 28.8. The number of hydrogen-bond donors (Lipinski definition) is 1. The molecule has 0 spiro atoms. The Morgan fingerprint density at radius 2 is 1.87 bits per heavy atom. The summed E-state index contributed by atoms with van der Waals surface area (Å²) in [6.45, 7) is 4.55. The number of fused-ring (bicyclic) bond motifs is 1. The SMILES string of the molecule is O=C(/C=C/c1ccccc1)Nc1ccc2c(c1)N(CCN1CCOCC1)C(=O)CO2. The molecule has 2 heterocycles. The van der Waals surface area contributed by atoms with Gasteiger partial charge < -0.3 is 19.7 Å². The number of ether oxygens (including phenoxy) is 2. The summed E-state index contributed by atoms with van der Waals surface area (Å²) in [6, 6.07) is 15.0. The largest absolute Gasteiger partial charge is 0.482 e. The van der Waals surface area contributed by atoms with Crippen molar-refractivity contribution in [1.29, 1.82) is 0 Å². The second-order valence-corrected chi connectivity index (χ2v) is 7.20. The Hall–Kier alpha value is -3.16. The molecule has 1 N–H and O–H groups in total. The molecule has 7 nitrogen and oxygen atoms in total. The second kappa shape index (κ2) is 9.56. The summed E-state index contributed by atoms with van der Waals surface area (Å²) in [7, 11) is 0. The molecule has 2 aromatic rings. The summed E-state index contributed by atoms with van der Waals surface area (Å²) in [5.74, 6) is 0.333. The van der Waals surface area contributed by atoms with Crippen molar-refractivity contribution in [1.82, 2.24) is 4.90 Å². The normalized spacial score (nSPS) is 16.9. The number of carbonyl (C=O) groups excluding carboxylic acids is 2. The van der Waals surface area contributed by atoms with Gasteiger partial charge >= 0.3 is 0 Å². The molecule has 2 aliphatic rings. The average molecular weight is 407 g/mol. The van der Waals surface area contributed by atoms with Crippen LogP contribution in [0.15, 0.2) is 54.6 Å². The van der Waals surface area contributed by atoms with Gasteiger partial charge in [0.05, 0.1) is 18.9 Å². The van der Waals surface area contributed by atoms with E-state index in [0.29, 0.717) is 23.7 Å². The minimum Gasteiger partial charge on any atom is -0.482 e. The molecule has 0 radical (unpaired) electrons. The quantitative estimate of drug-likeness (QED) is 0.745. The molecule has 0 aliphatic carbocycles. The smallest absolute Gasteiger partial charge is 0.265 e. The van der Waals surface area contributed by atoms with Crippen LogP contribution >= 0.6 is 0 Å². The zero-order valence-electron chi connectivity index (χ0n) is 16.8. The highest BCUT2D eigenvalue weighted by Crippen LogP contribution is 2.34. The maximum absolute atomic E-state index is 12.5. The van der Waals surface area contributed by atoms with Crippen LogP contribution in [0.25, 0.3) is 6.08 Å². The molecular weight excluding hydrogens is 382 g/mol. The van der Waals surface area contributed by atoms with E-state index in [1.807, 2.05) is 30.3 Å². The molecule has 2 amide bonds. The van der Waals surface area contributed by atoms with Crippen molar-refractivity contribution in [3.8, 4) is 5.75 Å². The molecule has 1 fully saturated rings. The van der Waals surface area contributed by atoms with Gasteiger partial charge in [0.25, 0.3) is 5.91 Å². The zero-order chi connectivity index (χ0) is 20.8. The maximum Gasteiger partial charge on any atom is 0.265 e. The first-order valence-corrected chi connectivity index (χ1v) is 10.1. The average Bonchev–Trinajstić information content (AvgIpc) is 2.78. The number of nitrogens with zero attached hydrogens (tertiary/aromatic N) is 2. The van der Waals surface area contributed by atoms with Gasteiger partial charge in [0, 0.05) is 37.9 Å².